The van der Waals surface area contributed by atoms with E-state index in [0.29, 0.717) is 0 Å². The van der Waals surface area contributed by atoms with Gasteiger partial charge in [0.05, 0.1) is 0 Å². The van der Waals surface area contributed by atoms with Crippen molar-refractivity contribution < 1.29 is 0 Å². The Hall–Kier alpha value is -0.485. The average Bonchev–Trinajstić information content (AvgIpc) is 1.46. The summed E-state index contributed by atoms with van der Waals surface area (Å²) >= 11 is 0. The van der Waals surface area contributed by atoms with Crippen LogP contribution in [0.4, 0.5) is 0 Å². The van der Waals surface area contributed by atoms with Crippen LogP contribution in [0.5, 0.6) is 0 Å². The third kappa shape index (κ3) is 34.3. The number of nitrogens with two attached hydrogens (primary N) is 1. The zero-order valence-corrected chi connectivity index (χ0v) is 3.10. The quantitative estimate of drug-likeness (QED) is 0.378. The molecule has 0 unspecified atom stereocenters. The highest BCUT2D eigenvalue weighted by atomic mass is 14.4. The van der Waals surface area contributed by atoms with Gasteiger partial charge < -0.3 is 5.73 Å². The molecule has 0 rings (SSSR count). The van der Waals surface area contributed by atoms with Gasteiger partial charge in [0.2, 0.25) is 7.85 Å². The zero-order chi connectivity index (χ0) is 4.71. The highest BCUT2D eigenvalue weighted by molar-refractivity contribution is 6.20. The first-order valence-corrected chi connectivity index (χ1v) is 1.09. The Morgan fingerprint density at radius 1 is 1.80 bits per heavy atom. The third-order valence-electron chi connectivity index (χ3n) is 0. The fraction of sp³-hybridized carbons (Fsp3) is 0.500. The topological polar surface area (TPSA) is 49.8 Å². The van der Waals surface area contributed by atoms with Crippen LogP contribution in [-0.4, -0.2) is 14.9 Å². The van der Waals surface area contributed by atoms with Crippen LogP contribution in [0.3, 0.4) is 0 Å². The van der Waals surface area contributed by atoms with Crippen molar-refractivity contribution in [1.29, 1.82) is 5.26 Å². The maximum atomic E-state index is 7.10. The molecule has 2 N–H and O–H groups in total. The smallest absolute Gasteiger partial charge is 0.229 e. The second-order valence-electron chi connectivity index (χ2n) is 0.129. The molecule has 26 valence electrons. The lowest BCUT2D eigenvalue weighted by Crippen LogP contribution is -1.69. The predicted molar refractivity (Wildman–Crippen MR) is 21.5 cm³/mol. The first kappa shape index (κ1) is 8.82. The average molecular weight is 67.9 g/mol. The summed E-state index contributed by atoms with van der Waals surface area (Å²) in [7, 11) is 5.65. The number of rotatable bonds is 0. The lowest BCUT2D eigenvalue weighted by atomic mass is 10.2. The summed E-state index contributed by atoms with van der Waals surface area (Å²) in [6.45, 7) is 0. The summed E-state index contributed by atoms with van der Waals surface area (Å²) in [6, 6.07) is 0. The molecule has 5 heavy (non-hydrogen) atoms. The van der Waals surface area contributed by atoms with Crippen molar-refractivity contribution in [2.24, 2.45) is 5.73 Å². The Balaban J connectivity index is 0. The first-order chi connectivity index (χ1) is 2.41. The van der Waals surface area contributed by atoms with Gasteiger partial charge in [0.1, 0.15) is 0 Å². The summed E-state index contributed by atoms with van der Waals surface area (Å²) < 4.78 is 0. The van der Waals surface area contributed by atoms with Gasteiger partial charge in [-0.25, -0.2) is 5.26 Å². The third-order valence-corrected chi connectivity index (χ3v) is 0. The Bertz CT molecular complexity index is 29.1. The van der Waals surface area contributed by atoms with E-state index in [1.165, 1.54) is 13.0 Å². The molecule has 0 aromatic heterocycles. The van der Waals surface area contributed by atoms with E-state index in [0.717, 1.165) is 0 Å². The first-order valence-electron chi connectivity index (χ1n) is 1.09. The van der Waals surface area contributed by atoms with Crippen LogP contribution in [0.15, 0.2) is 0 Å². The summed E-state index contributed by atoms with van der Waals surface area (Å²) in [6.07, 6.45) is 0. The Labute approximate surface area is 33.0 Å². The maximum absolute atomic E-state index is 7.10. The van der Waals surface area contributed by atoms with E-state index >= 15 is 0 Å². The molecule has 0 aliphatic heterocycles. The van der Waals surface area contributed by atoms with Crippen LogP contribution >= 0.6 is 0 Å². The molecule has 0 aliphatic rings. The van der Waals surface area contributed by atoms with Crippen molar-refractivity contribution >= 4 is 7.85 Å². The van der Waals surface area contributed by atoms with Crippen LogP contribution in [0.1, 0.15) is 0 Å². The number of nitrogens with zero attached hydrogens (tertiary/aromatic N) is 1. The van der Waals surface area contributed by atoms with Gasteiger partial charge in [-0.1, -0.05) is 0 Å². The molecular weight excluding hydrogens is 62.8 g/mol. The molecular formula is C2H5BN2. The standard InChI is InChI=1S/CBN.CH5N/c2-1-3;1-2/h;2H2,1H3. The van der Waals surface area contributed by atoms with Crippen molar-refractivity contribution in [1.82, 2.24) is 0 Å². The molecule has 0 atom stereocenters. The molecule has 2 radical (unpaired) electrons. The number of hydrogen-bond donors (Lipinski definition) is 1. The molecule has 0 amide bonds. The van der Waals surface area contributed by atoms with Crippen molar-refractivity contribution in [3.63, 3.8) is 0 Å². The van der Waals surface area contributed by atoms with Gasteiger partial charge >= 0.3 is 0 Å². The van der Waals surface area contributed by atoms with Gasteiger partial charge in [-0.2, -0.15) is 0 Å². The van der Waals surface area contributed by atoms with Crippen molar-refractivity contribution in [3.05, 3.63) is 0 Å². The SMILES string of the molecule is CN.[B]C#N. The maximum Gasteiger partial charge on any atom is 0.229 e. The van der Waals surface area contributed by atoms with Gasteiger partial charge in [-0.3, -0.25) is 0 Å². The van der Waals surface area contributed by atoms with Gasteiger partial charge in [-0.05, 0) is 13.0 Å². The lowest BCUT2D eigenvalue weighted by molar-refractivity contribution is 1.48. The fourth-order valence-corrected chi connectivity index (χ4v) is 0. The minimum atomic E-state index is 1.25. The van der Waals surface area contributed by atoms with Crippen molar-refractivity contribution in [2.75, 3.05) is 7.05 Å². The molecule has 0 saturated carbocycles. The van der Waals surface area contributed by atoms with E-state index in [-0.39, 0.29) is 0 Å². The van der Waals surface area contributed by atoms with Crippen LogP contribution < -0.4 is 5.73 Å². The largest absolute Gasteiger partial charge is 0.333 e. The van der Waals surface area contributed by atoms with Gasteiger partial charge in [0.15, 0.2) is 0 Å². The zero-order valence-electron chi connectivity index (χ0n) is 3.10. The Morgan fingerprint density at radius 2 is 1.80 bits per heavy atom. The Kier molecular flexibility index (Phi) is 148. The molecule has 0 bridgehead atoms. The van der Waals surface area contributed by atoms with E-state index in [4.69, 9.17) is 5.26 Å². The summed E-state index contributed by atoms with van der Waals surface area (Å²) in [5.74, 6) is 1.25. The van der Waals surface area contributed by atoms with Crippen molar-refractivity contribution in [3.8, 4) is 5.97 Å². The summed E-state index contributed by atoms with van der Waals surface area (Å²) in [5, 5.41) is 7.10. The van der Waals surface area contributed by atoms with Crippen LogP contribution in [0, 0.1) is 11.2 Å². The highest BCUT2D eigenvalue weighted by Crippen LogP contribution is 1.04. The molecule has 0 aromatic carbocycles. The van der Waals surface area contributed by atoms with Gasteiger partial charge in [0.25, 0.3) is 0 Å². The number of nitriles is 1. The molecule has 0 aromatic rings. The monoisotopic (exact) mass is 68.1 g/mol. The minimum absolute atomic E-state index is 1.25. The highest BCUT2D eigenvalue weighted by Gasteiger charge is 1.22. The second kappa shape index (κ2) is 83.8. The molecule has 0 saturated heterocycles. The Morgan fingerprint density at radius 3 is 1.80 bits per heavy atom. The summed E-state index contributed by atoms with van der Waals surface area (Å²) in [4.78, 5) is 0. The predicted octanol–water partition coefficient (Wildman–Crippen LogP) is -0.789. The molecule has 3 heteroatoms. The van der Waals surface area contributed by atoms with E-state index in [1.54, 1.807) is 0 Å². The minimum Gasteiger partial charge on any atom is -0.333 e. The molecule has 0 heterocycles. The van der Waals surface area contributed by atoms with E-state index in [1.807, 2.05) is 0 Å². The van der Waals surface area contributed by atoms with E-state index in [2.05, 4.69) is 13.6 Å². The van der Waals surface area contributed by atoms with Crippen LogP contribution in [-0.2, 0) is 0 Å². The van der Waals surface area contributed by atoms with Crippen LogP contribution in [0.2, 0.25) is 0 Å². The molecule has 2 nitrogen and oxygen atoms in total. The van der Waals surface area contributed by atoms with Crippen LogP contribution in [0.25, 0.3) is 0 Å². The second-order valence-corrected chi connectivity index (χ2v) is 0.129. The normalized spacial score (nSPS) is 2.60. The number of hydrogen-bond acceptors (Lipinski definition) is 2. The van der Waals surface area contributed by atoms with E-state index in [9.17, 15) is 0 Å². The van der Waals surface area contributed by atoms with Gasteiger partial charge in [0, 0.05) is 0 Å². The molecule has 0 aliphatic carbocycles. The van der Waals surface area contributed by atoms with E-state index < -0.39 is 0 Å². The summed E-state index contributed by atoms with van der Waals surface area (Å²) in [5.41, 5.74) is 4.50. The van der Waals surface area contributed by atoms with Gasteiger partial charge in [-0.15, -0.1) is 0 Å². The fourth-order valence-electron chi connectivity index (χ4n) is 0. The lowest BCUT2D eigenvalue weighted by Gasteiger charge is -1.19. The van der Waals surface area contributed by atoms with Crippen molar-refractivity contribution in [2.45, 2.75) is 0 Å². The molecule has 0 spiro atoms. The molecule has 0 fully saturated rings.